The maximum Gasteiger partial charge on any atom is 0.106 e. The predicted molar refractivity (Wildman–Crippen MR) is 88.5 cm³/mol. The van der Waals surface area contributed by atoms with Gasteiger partial charge in [-0.3, -0.25) is 9.99 Å². The molecule has 1 aliphatic rings. The van der Waals surface area contributed by atoms with Gasteiger partial charge in [0.05, 0.1) is 17.6 Å². The van der Waals surface area contributed by atoms with E-state index in [1.807, 2.05) is 48.5 Å². The monoisotopic (exact) mass is 294 g/mol. The summed E-state index contributed by atoms with van der Waals surface area (Å²) in [5.74, 6) is 0. The number of benzene rings is 1. The third-order valence-electron chi connectivity index (χ3n) is 3.54. The second kappa shape index (κ2) is 6.39. The second-order valence-corrected chi connectivity index (χ2v) is 5.12. The summed E-state index contributed by atoms with van der Waals surface area (Å²) in [5.41, 5.74) is 5.27. The Hall–Kier alpha value is -2.69. The van der Waals surface area contributed by atoms with Gasteiger partial charge in [-0.15, -0.1) is 0 Å². The molecule has 0 amide bonds. The average Bonchev–Trinajstić information content (AvgIpc) is 3.04. The molecule has 2 aromatic rings. The third kappa shape index (κ3) is 3.14. The van der Waals surface area contributed by atoms with Crippen LogP contribution in [0.25, 0.3) is 0 Å². The summed E-state index contributed by atoms with van der Waals surface area (Å²) in [7, 11) is 1.53. The highest BCUT2D eigenvalue weighted by molar-refractivity contribution is 6.02. The van der Waals surface area contributed by atoms with Crippen molar-refractivity contribution in [3.8, 4) is 0 Å². The van der Waals surface area contributed by atoms with Crippen LogP contribution in [0.5, 0.6) is 0 Å². The van der Waals surface area contributed by atoms with Crippen molar-refractivity contribution in [3.63, 3.8) is 0 Å². The SMILES string of the molecule is CON=Cc1ccc(N2CCC(c3ccc(C)nc3)=N2)cc1. The van der Waals surface area contributed by atoms with Crippen LogP contribution in [0.1, 0.15) is 23.2 Å². The standard InChI is InChI=1S/C17H18N4O/c1-13-3-6-15(12-18-13)17-9-10-21(20-17)16-7-4-14(5-8-16)11-19-22-2/h3-8,11-12H,9-10H2,1-2H3. The first-order chi connectivity index (χ1) is 10.8. The predicted octanol–water partition coefficient (Wildman–Crippen LogP) is 2.98. The maximum atomic E-state index is 4.70. The first kappa shape index (κ1) is 14.3. The smallest absolute Gasteiger partial charge is 0.106 e. The quantitative estimate of drug-likeness (QED) is 0.643. The van der Waals surface area contributed by atoms with E-state index in [1.165, 1.54) is 7.11 Å². The van der Waals surface area contributed by atoms with Crippen molar-refractivity contribution in [2.45, 2.75) is 13.3 Å². The molecule has 3 rings (SSSR count). The largest absolute Gasteiger partial charge is 0.399 e. The van der Waals surface area contributed by atoms with Crippen molar-refractivity contribution in [1.82, 2.24) is 4.98 Å². The molecule has 0 saturated carbocycles. The molecule has 2 heterocycles. The summed E-state index contributed by atoms with van der Waals surface area (Å²) in [4.78, 5) is 9.01. The van der Waals surface area contributed by atoms with E-state index >= 15 is 0 Å². The van der Waals surface area contributed by atoms with Gasteiger partial charge in [0.1, 0.15) is 7.11 Å². The van der Waals surface area contributed by atoms with E-state index in [-0.39, 0.29) is 0 Å². The molecule has 1 aliphatic heterocycles. The minimum Gasteiger partial charge on any atom is -0.399 e. The topological polar surface area (TPSA) is 50.1 Å². The first-order valence-corrected chi connectivity index (χ1v) is 7.21. The Balaban J connectivity index is 1.76. The van der Waals surface area contributed by atoms with Crippen molar-refractivity contribution < 1.29 is 4.84 Å². The van der Waals surface area contributed by atoms with E-state index in [2.05, 4.69) is 21.0 Å². The number of pyridine rings is 1. The van der Waals surface area contributed by atoms with E-state index < -0.39 is 0 Å². The molecule has 1 aromatic carbocycles. The third-order valence-corrected chi connectivity index (χ3v) is 3.54. The van der Waals surface area contributed by atoms with Crippen LogP contribution < -0.4 is 5.01 Å². The maximum absolute atomic E-state index is 4.70. The summed E-state index contributed by atoms with van der Waals surface area (Å²) < 4.78 is 0. The summed E-state index contributed by atoms with van der Waals surface area (Å²) in [6, 6.07) is 12.2. The van der Waals surface area contributed by atoms with E-state index in [9.17, 15) is 0 Å². The number of hydrazone groups is 1. The van der Waals surface area contributed by atoms with Crippen LogP contribution in [0.4, 0.5) is 5.69 Å². The van der Waals surface area contributed by atoms with Crippen molar-refractivity contribution in [2.75, 3.05) is 18.7 Å². The van der Waals surface area contributed by atoms with Crippen molar-refractivity contribution in [3.05, 3.63) is 59.4 Å². The molecule has 5 nitrogen and oxygen atoms in total. The number of aromatic nitrogens is 1. The normalized spacial score (nSPS) is 14.5. The molecule has 22 heavy (non-hydrogen) atoms. The summed E-state index contributed by atoms with van der Waals surface area (Å²) in [5, 5.41) is 10.5. The molecule has 1 aromatic heterocycles. The van der Waals surface area contributed by atoms with Crippen molar-refractivity contribution in [2.24, 2.45) is 10.3 Å². The Morgan fingerprint density at radius 3 is 2.68 bits per heavy atom. The molecule has 0 N–H and O–H groups in total. The molecule has 0 fully saturated rings. The second-order valence-electron chi connectivity index (χ2n) is 5.12. The molecule has 112 valence electrons. The van der Waals surface area contributed by atoms with Crippen LogP contribution in [0.3, 0.4) is 0 Å². The van der Waals surface area contributed by atoms with Gasteiger partial charge in [-0.25, -0.2) is 0 Å². The first-order valence-electron chi connectivity index (χ1n) is 7.21. The van der Waals surface area contributed by atoms with Crippen LogP contribution in [-0.2, 0) is 4.84 Å². The van der Waals surface area contributed by atoms with Crippen LogP contribution in [0.2, 0.25) is 0 Å². The van der Waals surface area contributed by atoms with Gasteiger partial charge < -0.3 is 4.84 Å². The number of oxime groups is 1. The molecule has 0 saturated heterocycles. The van der Waals surface area contributed by atoms with Gasteiger partial charge in [-0.2, -0.15) is 5.10 Å². The molecule has 0 unspecified atom stereocenters. The minimum atomic E-state index is 0.884. The molecule has 0 aliphatic carbocycles. The number of hydrogen-bond acceptors (Lipinski definition) is 5. The van der Waals surface area contributed by atoms with Gasteiger partial charge in [0, 0.05) is 30.4 Å². The molecule has 0 radical (unpaired) electrons. The highest BCUT2D eigenvalue weighted by atomic mass is 16.6. The van der Waals surface area contributed by atoms with Gasteiger partial charge in [-0.1, -0.05) is 17.3 Å². The van der Waals surface area contributed by atoms with Gasteiger partial charge in [0.2, 0.25) is 0 Å². The number of nitrogens with zero attached hydrogens (tertiary/aromatic N) is 4. The zero-order chi connectivity index (χ0) is 15.4. The van der Waals surface area contributed by atoms with E-state index in [0.29, 0.717) is 0 Å². The molecule has 0 atom stereocenters. The van der Waals surface area contributed by atoms with Gasteiger partial charge >= 0.3 is 0 Å². The van der Waals surface area contributed by atoms with E-state index in [1.54, 1.807) is 6.21 Å². The van der Waals surface area contributed by atoms with Gasteiger partial charge in [0.25, 0.3) is 0 Å². The summed E-state index contributed by atoms with van der Waals surface area (Å²) in [6.07, 6.45) is 4.50. The van der Waals surface area contributed by atoms with Crippen LogP contribution >= 0.6 is 0 Å². The van der Waals surface area contributed by atoms with E-state index in [0.717, 1.165) is 41.2 Å². The van der Waals surface area contributed by atoms with Crippen molar-refractivity contribution >= 4 is 17.6 Å². The lowest BCUT2D eigenvalue weighted by Gasteiger charge is -2.13. The number of aryl methyl sites for hydroxylation is 1. The summed E-state index contributed by atoms with van der Waals surface area (Å²) >= 11 is 0. The number of anilines is 1. The van der Waals surface area contributed by atoms with Crippen LogP contribution in [-0.4, -0.2) is 30.6 Å². The van der Waals surface area contributed by atoms with Crippen LogP contribution in [0, 0.1) is 6.92 Å². The lowest BCUT2D eigenvalue weighted by molar-refractivity contribution is 0.215. The number of hydrogen-bond donors (Lipinski definition) is 0. The Labute approximate surface area is 129 Å². The fraction of sp³-hybridized carbons (Fsp3) is 0.235. The number of rotatable bonds is 4. The van der Waals surface area contributed by atoms with E-state index in [4.69, 9.17) is 5.10 Å². The Morgan fingerprint density at radius 2 is 2.00 bits per heavy atom. The molecular formula is C17H18N4O. The fourth-order valence-electron chi connectivity index (χ4n) is 2.33. The molecule has 5 heteroatoms. The molecule has 0 spiro atoms. The van der Waals surface area contributed by atoms with Crippen LogP contribution in [0.15, 0.2) is 52.9 Å². The van der Waals surface area contributed by atoms with Crippen molar-refractivity contribution in [1.29, 1.82) is 0 Å². The Kier molecular flexibility index (Phi) is 4.14. The molecule has 0 bridgehead atoms. The highest BCUT2D eigenvalue weighted by Gasteiger charge is 2.17. The Morgan fingerprint density at radius 1 is 1.18 bits per heavy atom. The zero-order valence-electron chi connectivity index (χ0n) is 12.7. The average molecular weight is 294 g/mol. The zero-order valence-corrected chi connectivity index (χ0v) is 12.7. The van der Waals surface area contributed by atoms with Gasteiger partial charge in [-0.05, 0) is 36.8 Å². The highest BCUT2D eigenvalue weighted by Crippen LogP contribution is 2.21. The molecular weight excluding hydrogens is 276 g/mol. The fourth-order valence-corrected chi connectivity index (χ4v) is 2.33. The lowest BCUT2D eigenvalue weighted by atomic mass is 10.1. The summed E-state index contributed by atoms with van der Waals surface area (Å²) in [6.45, 7) is 2.87. The van der Waals surface area contributed by atoms with Gasteiger partial charge in [0.15, 0.2) is 0 Å². The Bertz CT molecular complexity index is 690. The minimum absolute atomic E-state index is 0.884. The lowest BCUT2D eigenvalue weighted by Crippen LogP contribution is -2.11.